The molecule has 4 nitrogen and oxygen atoms in total. The Morgan fingerprint density at radius 2 is 1.93 bits per heavy atom. The van der Waals surface area contributed by atoms with Crippen LogP contribution in [0.3, 0.4) is 0 Å². The molecule has 0 N–H and O–H groups in total. The molecule has 138 valence electrons. The molecule has 2 heterocycles. The Kier molecular flexibility index (Phi) is 3.37. The van der Waals surface area contributed by atoms with E-state index in [0.29, 0.717) is 17.5 Å². The average molecular weight is 381 g/mol. The van der Waals surface area contributed by atoms with Crippen molar-refractivity contribution >= 4 is 11.3 Å². The standard InChI is InChI=1S/C21H20FN3OS/c22-16-3-1-14(2-4-16)19-23-17(11-27-19)18-24-25-20(26-18)21-6-5-12-7-13(10-21)9-15(21)8-12/h1-4,11-13,15H,5-10H2. The quantitative estimate of drug-likeness (QED) is 0.604. The van der Waals surface area contributed by atoms with E-state index in [2.05, 4.69) is 15.2 Å². The highest BCUT2D eigenvalue weighted by Crippen LogP contribution is 2.62. The van der Waals surface area contributed by atoms with Crippen molar-refractivity contribution in [1.29, 1.82) is 0 Å². The maximum absolute atomic E-state index is 13.1. The first kappa shape index (κ1) is 15.9. The van der Waals surface area contributed by atoms with E-state index in [9.17, 15) is 4.39 Å². The summed E-state index contributed by atoms with van der Waals surface area (Å²) in [6, 6.07) is 6.39. The van der Waals surface area contributed by atoms with Crippen LogP contribution in [0, 0.1) is 23.6 Å². The molecule has 27 heavy (non-hydrogen) atoms. The van der Waals surface area contributed by atoms with Crippen LogP contribution >= 0.6 is 11.3 Å². The summed E-state index contributed by atoms with van der Waals surface area (Å²) in [5.41, 5.74) is 1.72. The molecule has 1 aromatic carbocycles. The number of halogens is 1. The van der Waals surface area contributed by atoms with Gasteiger partial charge in [0.2, 0.25) is 5.89 Å². The lowest BCUT2D eigenvalue weighted by Gasteiger charge is -2.40. The summed E-state index contributed by atoms with van der Waals surface area (Å²) in [5, 5.41) is 11.6. The molecule has 3 aliphatic carbocycles. The highest BCUT2D eigenvalue weighted by molar-refractivity contribution is 7.13. The third kappa shape index (κ3) is 2.42. The molecule has 3 aromatic rings. The Balaban J connectivity index is 1.32. The van der Waals surface area contributed by atoms with Crippen molar-refractivity contribution in [3.05, 3.63) is 41.4 Å². The van der Waals surface area contributed by atoms with Crippen LogP contribution in [-0.2, 0) is 5.41 Å². The van der Waals surface area contributed by atoms with Crippen LogP contribution in [0.25, 0.3) is 22.2 Å². The van der Waals surface area contributed by atoms with E-state index in [1.807, 2.05) is 5.38 Å². The Hall–Kier alpha value is -2.08. The van der Waals surface area contributed by atoms with Crippen molar-refractivity contribution in [2.45, 2.75) is 43.9 Å². The minimum Gasteiger partial charge on any atom is -0.419 e. The smallest absolute Gasteiger partial charge is 0.267 e. The van der Waals surface area contributed by atoms with Crippen LogP contribution < -0.4 is 0 Å². The fourth-order valence-electron chi connectivity index (χ4n) is 5.86. The van der Waals surface area contributed by atoms with Gasteiger partial charge in [-0.05, 0) is 80.5 Å². The second kappa shape index (κ2) is 5.71. The second-order valence-electron chi connectivity index (χ2n) is 8.49. The van der Waals surface area contributed by atoms with Gasteiger partial charge < -0.3 is 4.42 Å². The van der Waals surface area contributed by atoms with E-state index in [1.165, 1.54) is 62.0 Å². The van der Waals surface area contributed by atoms with Crippen molar-refractivity contribution < 1.29 is 8.81 Å². The normalized spacial score (nSPS) is 31.5. The molecule has 3 aliphatic rings. The summed E-state index contributed by atoms with van der Waals surface area (Å²) in [5.74, 6) is 3.58. The molecule has 4 atom stereocenters. The SMILES string of the molecule is Fc1ccc(-c2nc(-c3nnc(C45CCC6CC(CC4C6)C5)o3)cs2)cc1. The number of benzene rings is 1. The van der Waals surface area contributed by atoms with Crippen LogP contribution in [0.2, 0.25) is 0 Å². The van der Waals surface area contributed by atoms with Gasteiger partial charge in [-0.3, -0.25) is 0 Å². The first-order valence-corrected chi connectivity index (χ1v) is 10.6. The number of nitrogens with zero attached hydrogens (tertiary/aromatic N) is 3. The molecule has 0 amide bonds. The lowest BCUT2D eigenvalue weighted by molar-refractivity contribution is 0.129. The molecule has 3 bridgehead atoms. The molecule has 6 rings (SSSR count). The summed E-state index contributed by atoms with van der Waals surface area (Å²) in [4.78, 5) is 4.65. The summed E-state index contributed by atoms with van der Waals surface area (Å²) >= 11 is 1.51. The predicted molar refractivity (Wildman–Crippen MR) is 101 cm³/mol. The third-order valence-corrected chi connectivity index (χ3v) is 7.89. The number of rotatable bonds is 3. The zero-order chi connectivity index (χ0) is 18.0. The highest BCUT2D eigenvalue weighted by Gasteiger charge is 2.57. The Morgan fingerprint density at radius 1 is 1.07 bits per heavy atom. The maximum atomic E-state index is 13.1. The number of fused-ring (bicyclic) bond motifs is 2. The van der Waals surface area contributed by atoms with E-state index in [-0.39, 0.29) is 11.2 Å². The van der Waals surface area contributed by atoms with Crippen molar-refractivity contribution in [2.75, 3.05) is 0 Å². The second-order valence-corrected chi connectivity index (χ2v) is 9.35. The molecule has 6 heteroatoms. The molecule has 3 saturated carbocycles. The topological polar surface area (TPSA) is 51.8 Å². The van der Waals surface area contributed by atoms with Gasteiger partial charge in [0, 0.05) is 10.9 Å². The monoisotopic (exact) mass is 381 g/mol. The lowest BCUT2D eigenvalue weighted by atomic mass is 9.64. The Bertz CT molecular complexity index is 997. The van der Waals surface area contributed by atoms with Gasteiger partial charge in [-0.1, -0.05) is 0 Å². The molecule has 2 aromatic heterocycles. The minimum atomic E-state index is -0.243. The molecule has 4 unspecified atom stereocenters. The molecule has 3 fully saturated rings. The van der Waals surface area contributed by atoms with Crippen molar-refractivity contribution in [1.82, 2.24) is 15.2 Å². The van der Waals surface area contributed by atoms with E-state index >= 15 is 0 Å². The van der Waals surface area contributed by atoms with Gasteiger partial charge in [0.25, 0.3) is 5.89 Å². The summed E-state index contributed by atoms with van der Waals surface area (Å²) in [6.45, 7) is 0. The Labute approximate surface area is 160 Å². The largest absolute Gasteiger partial charge is 0.419 e. The lowest BCUT2D eigenvalue weighted by Crippen LogP contribution is -2.36. The van der Waals surface area contributed by atoms with Crippen LogP contribution in [-0.4, -0.2) is 15.2 Å². The van der Waals surface area contributed by atoms with Gasteiger partial charge in [-0.2, -0.15) is 0 Å². The molecular weight excluding hydrogens is 361 g/mol. The number of thiazole rings is 1. The van der Waals surface area contributed by atoms with Gasteiger partial charge in [0.1, 0.15) is 16.5 Å². The summed E-state index contributed by atoms with van der Waals surface area (Å²) in [7, 11) is 0. The zero-order valence-corrected chi connectivity index (χ0v) is 15.7. The first-order chi connectivity index (χ1) is 13.2. The number of hydrogen-bond acceptors (Lipinski definition) is 5. The van der Waals surface area contributed by atoms with Crippen LogP contribution in [0.15, 0.2) is 34.1 Å². The predicted octanol–water partition coefficient (Wildman–Crippen LogP) is 5.47. The van der Waals surface area contributed by atoms with Gasteiger partial charge in [-0.25, -0.2) is 9.37 Å². The van der Waals surface area contributed by atoms with E-state index in [1.54, 1.807) is 12.1 Å². The minimum absolute atomic E-state index is 0.110. The number of aromatic nitrogens is 3. The van der Waals surface area contributed by atoms with Gasteiger partial charge in [0.15, 0.2) is 0 Å². The fraction of sp³-hybridized carbons (Fsp3) is 0.476. The van der Waals surface area contributed by atoms with Crippen molar-refractivity contribution in [2.24, 2.45) is 17.8 Å². The van der Waals surface area contributed by atoms with Crippen molar-refractivity contribution in [3.8, 4) is 22.2 Å². The highest BCUT2D eigenvalue weighted by atomic mass is 32.1. The number of hydrogen-bond donors (Lipinski definition) is 0. The molecule has 0 saturated heterocycles. The third-order valence-electron chi connectivity index (χ3n) is 7.00. The van der Waals surface area contributed by atoms with E-state index < -0.39 is 0 Å². The maximum Gasteiger partial charge on any atom is 0.267 e. The molecular formula is C21H20FN3OS. The van der Waals surface area contributed by atoms with Gasteiger partial charge in [0.05, 0.1) is 5.41 Å². The summed E-state index contributed by atoms with van der Waals surface area (Å²) in [6.07, 6.45) is 7.77. The fourth-order valence-corrected chi connectivity index (χ4v) is 6.66. The van der Waals surface area contributed by atoms with E-state index in [0.717, 1.165) is 28.3 Å². The zero-order valence-electron chi connectivity index (χ0n) is 14.9. The Morgan fingerprint density at radius 3 is 2.81 bits per heavy atom. The van der Waals surface area contributed by atoms with Gasteiger partial charge >= 0.3 is 0 Å². The van der Waals surface area contributed by atoms with Crippen LogP contribution in [0.5, 0.6) is 0 Å². The van der Waals surface area contributed by atoms with Gasteiger partial charge in [-0.15, -0.1) is 21.5 Å². The summed E-state index contributed by atoms with van der Waals surface area (Å²) < 4.78 is 19.3. The molecule has 0 radical (unpaired) electrons. The van der Waals surface area contributed by atoms with E-state index in [4.69, 9.17) is 4.42 Å². The van der Waals surface area contributed by atoms with Crippen LogP contribution in [0.4, 0.5) is 4.39 Å². The van der Waals surface area contributed by atoms with Crippen LogP contribution in [0.1, 0.15) is 44.4 Å². The van der Waals surface area contributed by atoms with Crippen molar-refractivity contribution in [3.63, 3.8) is 0 Å². The molecule has 0 aliphatic heterocycles. The molecule has 0 spiro atoms. The average Bonchev–Trinajstić information content (AvgIpc) is 3.37. The first-order valence-electron chi connectivity index (χ1n) is 9.75.